The maximum Gasteiger partial charge on any atom is 0.280 e. The highest BCUT2D eigenvalue weighted by Gasteiger charge is 2.55. The highest BCUT2D eigenvalue weighted by atomic mass is 16.6. The summed E-state index contributed by atoms with van der Waals surface area (Å²) in [7, 11) is 1.60. The van der Waals surface area contributed by atoms with Gasteiger partial charge >= 0.3 is 0 Å². The lowest BCUT2D eigenvalue weighted by Crippen LogP contribution is -2.45. The quantitative estimate of drug-likeness (QED) is 0.137. The zero-order chi connectivity index (χ0) is 30.2. The van der Waals surface area contributed by atoms with E-state index in [0.717, 1.165) is 16.7 Å². The third kappa shape index (κ3) is 4.54. The molecule has 0 saturated carbocycles. The summed E-state index contributed by atoms with van der Waals surface area (Å²) in [6.07, 6.45) is 2.72. The SMILES string of the molecule is C#C[C@@]1(O)[C@H](O)[C@@H](CO)O[C@@H]1n1cnc2c(=O)[nH]c(NC(c3ccccc3)(c3ccccc3)c3ccc(OC)cc3)nc21. The van der Waals surface area contributed by atoms with E-state index >= 15 is 0 Å². The van der Waals surface area contributed by atoms with E-state index in [0.29, 0.717) is 5.75 Å². The van der Waals surface area contributed by atoms with E-state index in [1.807, 2.05) is 84.9 Å². The van der Waals surface area contributed by atoms with Crippen molar-refractivity contribution >= 4 is 17.1 Å². The van der Waals surface area contributed by atoms with Gasteiger partial charge in [-0.15, -0.1) is 6.42 Å². The number of anilines is 1. The first kappa shape index (κ1) is 28.1. The molecule has 6 rings (SSSR count). The number of fused-ring (bicyclic) bond motifs is 1. The Bertz CT molecular complexity index is 1790. The molecule has 2 aromatic heterocycles. The molecule has 0 aliphatic carbocycles. The van der Waals surface area contributed by atoms with Crippen molar-refractivity contribution in [1.29, 1.82) is 0 Å². The summed E-state index contributed by atoms with van der Waals surface area (Å²) >= 11 is 0. The Labute approximate surface area is 246 Å². The van der Waals surface area contributed by atoms with Crippen LogP contribution in [0.5, 0.6) is 5.75 Å². The van der Waals surface area contributed by atoms with Crippen LogP contribution in [0.2, 0.25) is 0 Å². The molecule has 5 aromatic rings. The van der Waals surface area contributed by atoms with Crippen molar-refractivity contribution in [3.63, 3.8) is 0 Å². The molecule has 3 heterocycles. The second-order valence-electron chi connectivity index (χ2n) is 10.2. The van der Waals surface area contributed by atoms with Gasteiger partial charge < -0.3 is 30.1 Å². The van der Waals surface area contributed by atoms with Gasteiger partial charge in [0.1, 0.15) is 23.5 Å². The van der Waals surface area contributed by atoms with Gasteiger partial charge in [-0.25, -0.2) is 4.98 Å². The summed E-state index contributed by atoms with van der Waals surface area (Å²) in [6, 6.07) is 27.0. The molecule has 3 aromatic carbocycles. The van der Waals surface area contributed by atoms with Crippen molar-refractivity contribution in [3.05, 3.63) is 118 Å². The maximum absolute atomic E-state index is 13.4. The van der Waals surface area contributed by atoms with Gasteiger partial charge in [0.05, 0.1) is 20.0 Å². The predicted molar refractivity (Wildman–Crippen MR) is 158 cm³/mol. The van der Waals surface area contributed by atoms with E-state index in [-0.39, 0.29) is 17.1 Å². The van der Waals surface area contributed by atoms with Gasteiger partial charge in [0.15, 0.2) is 23.0 Å². The largest absolute Gasteiger partial charge is 0.497 e. The lowest BCUT2D eigenvalue weighted by Gasteiger charge is -2.37. The number of aliphatic hydroxyl groups excluding tert-OH is 2. The molecule has 0 bridgehead atoms. The molecule has 1 aliphatic rings. The number of nitrogens with zero attached hydrogens (tertiary/aromatic N) is 3. The molecule has 1 fully saturated rings. The van der Waals surface area contributed by atoms with Crippen molar-refractivity contribution in [1.82, 2.24) is 19.5 Å². The van der Waals surface area contributed by atoms with E-state index < -0.39 is 41.7 Å². The molecular weight excluding hydrogens is 550 g/mol. The van der Waals surface area contributed by atoms with Crippen molar-refractivity contribution in [2.24, 2.45) is 0 Å². The Hall–Kier alpha value is -4.99. The van der Waals surface area contributed by atoms with Gasteiger partial charge in [-0.05, 0) is 28.8 Å². The number of ether oxygens (including phenoxy) is 2. The van der Waals surface area contributed by atoms with E-state index in [4.69, 9.17) is 20.9 Å². The fourth-order valence-corrected chi connectivity index (χ4v) is 5.62. The number of hydrogen-bond acceptors (Lipinski definition) is 9. The molecule has 0 radical (unpaired) electrons. The first-order valence-electron chi connectivity index (χ1n) is 13.5. The summed E-state index contributed by atoms with van der Waals surface area (Å²) in [5, 5.41) is 35.0. The Morgan fingerprint density at radius 1 is 1.07 bits per heavy atom. The Morgan fingerprint density at radius 3 is 2.23 bits per heavy atom. The van der Waals surface area contributed by atoms with E-state index in [1.165, 1.54) is 10.9 Å². The fourth-order valence-electron chi connectivity index (χ4n) is 5.62. The first-order valence-corrected chi connectivity index (χ1v) is 13.5. The van der Waals surface area contributed by atoms with Crippen LogP contribution in [0.25, 0.3) is 11.2 Å². The molecule has 4 atom stereocenters. The number of imidazole rings is 1. The number of aliphatic hydroxyl groups is 3. The summed E-state index contributed by atoms with van der Waals surface area (Å²) in [6.45, 7) is -0.590. The van der Waals surface area contributed by atoms with Crippen LogP contribution in [0, 0.1) is 12.3 Å². The highest BCUT2D eigenvalue weighted by molar-refractivity contribution is 5.72. The average molecular weight is 580 g/mol. The number of terminal acetylenes is 1. The van der Waals surface area contributed by atoms with Crippen molar-refractivity contribution in [2.75, 3.05) is 19.0 Å². The van der Waals surface area contributed by atoms with Crippen LogP contribution in [0.15, 0.2) is 96.1 Å². The number of H-pyrrole nitrogens is 1. The van der Waals surface area contributed by atoms with E-state index in [2.05, 4.69) is 21.2 Å². The zero-order valence-corrected chi connectivity index (χ0v) is 23.1. The fraction of sp³-hybridized carbons (Fsp3) is 0.219. The van der Waals surface area contributed by atoms with Gasteiger partial charge in [-0.3, -0.25) is 14.3 Å². The highest BCUT2D eigenvalue weighted by Crippen LogP contribution is 2.41. The Balaban J connectivity index is 1.56. The molecule has 1 aliphatic heterocycles. The summed E-state index contributed by atoms with van der Waals surface area (Å²) in [5.74, 6) is 2.94. The molecule has 11 nitrogen and oxygen atoms in total. The van der Waals surface area contributed by atoms with Crippen LogP contribution in [-0.4, -0.2) is 66.4 Å². The first-order chi connectivity index (χ1) is 20.8. The Kier molecular flexibility index (Phi) is 7.21. The van der Waals surface area contributed by atoms with Crippen molar-refractivity contribution in [2.45, 2.75) is 29.6 Å². The van der Waals surface area contributed by atoms with Gasteiger partial charge in [-0.1, -0.05) is 78.7 Å². The van der Waals surface area contributed by atoms with E-state index in [9.17, 15) is 20.1 Å². The molecule has 1 saturated heterocycles. The number of benzene rings is 3. The average Bonchev–Trinajstić information content (AvgIpc) is 3.59. The van der Waals surface area contributed by atoms with Crippen LogP contribution < -0.4 is 15.6 Å². The van der Waals surface area contributed by atoms with E-state index in [1.54, 1.807) is 7.11 Å². The van der Waals surface area contributed by atoms with Crippen LogP contribution in [-0.2, 0) is 10.3 Å². The number of nitrogens with one attached hydrogen (secondary N) is 2. The minimum absolute atomic E-state index is 0.0371. The monoisotopic (exact) mass is 579 g/mol. The van der Waals surface area contributed by atoms with Gasteiger partial charge in [0.25, 0.3) is 5.56 Å². The molecular formula is C32H29N5O6. The molecule has 0 unspecified atom stereocenters. The molecule has 11 heteroatoms. The van der Waals surface area contributed by atoms with Crippen LogP contribution >= 0.6 is 0 Å². The van der Waals surface area contributed by atoms with Gasteiger partial charge in [0.2, 0.25) is 5.95 Å². The second kappa shape index (κ2) is 11.0. The topological polar surface area (TPSA) is 155 Å². The van der Waals surface area contributed by atoms with Crippen LogP contribution in [0.3, 0.4) is 0 Å². The smallest absolute Gasteiger partial charge is 0.280 e. The molecule has 0 spiro atoms. The van der Waals surface area contributed by atoms with Gasteiger partial charge in [-0.2, -0.15) is 4.98 Å². The number of rotatable bonds is 8. The zero-order valence-electron chi connectivity index (χ0n) is 23.1. The van der Waals surface area contributed by atoms with Crippen molar-refractivity contribution < 1.29 is 24.8 Å². The third-order valence-electron chi connectivity index (χ3n) is 7.82. The second-order valence-corrected chi connectivity index (χ2v) is 10.2. The number of aromatic amines is 1. The Morgan fingerprint density at radius 2 is 1.67 bits per heavy atom. The number of hydrogen-bond donors (Lipinski definition) is 5. The maximum atomic E-state index is 13.4. The minimum Gasteiger partial charge on any atom is -0.497 e. The van der Waals surface area contributed by atoms with Crippen LogP contribution in [0.1, 0.15) is 22.9 Å². The van der Waals surface area contributed by atoms with Crippen LogP contribution in [0.4, 0.5) is 5.95 Å². The number of aromatic nitrogens is 4. The lowest BCUT2D eigenvalue weighted by atomic mass is 9.77. The minimum atomic E-state index is -2.22. The normalized spacial score (nSPS) is 21.9. The third-order valence-corrected chi connectivity index (χ3v) is 7.82. The summed E-state index contributed by atoms with van der Waals surface area (Å²) < 4.78 is 12.4. The summed E-state index contributed by atoms with van der Waals surface area (Å²) in [4.78, 5) is 25.1. The molecule has 43 heavy (non-hydrogen) atoms. The molecule has 218 valence electrons. The molecule has 0 amide bonds. The van der Waals surface area contributed by atoms with Gasteiger partial charge in [0, 0.05) is 0 Å². The lowest BCUT2D eigenvalue weighted by molar-refractivity contribution is -0.0721. The predicted octanol–water partition coefficient (Wildman–Crippen LogP) is 2.15. The molecule has 5 N–H and O–H groups in total. The number of methoxy groups -OCH3 is 1. The van der Waals surface area contributed by atoms with Crippen molar-refractivity contribution in [3.8, 4) is 18.1 Å². The summed E-state index contributed by atoms with van der Waals surface area (Å²) in [5.41, 5.74) is -1.28. The standard InChI is InChI=1S/C32H29N5O6/c1-3-31(41)26(39)24(18-38)43-29(31)37-19-33-25-27(37)34-30(35-28(25)40)36-32(20-10-6-4-7-11-20,21-12-8-5-9-13-21)22-14-16-23(42-2)17-15-22/h1,4-17,19,24,26,29,38-39,41H,18H2,2H3,(H2,34,35,36,40)/t24-,26-,29+,31-/m1/s1.